The molecule has 0 aliphatic carbocycles. The van der Waals surface area contributed by atoms with Crippen LogP contribution in [0, 0.1) is 0 Å². The Hall–Kier alpha value is -1.61. The average Bonchev–Trinajstić information content (AvgIpc) is 2.65. The zero-order chi connectivity index (χ0) is 19.0. The van der Waals surface area contributed by atoms with Gasteiger partial charge in [0.15, 0.2) is 0 Å². The minimum absolute atomic E-state index is 0.384. The normalized spacial score (nSPS) is 11.2. The van der Waals surface area contributed by atoms with Crippen LogP contribution in [0.2, 0.25) is 0 Å². The molecule has 1 rings (SSSR count). The van der Waals surface area contributed by atoms with Crippen molar-refractivity contribution in [1.29, 1.82) is 0 Å². The van der Waals surface area contributed by atoms with Gasteiger partial charge in [0.1, 0.15) is 0 Å². The Balaban J connectivity index is 2.07. The molecule has 1 N–H and O–H groups in total. The number of carbonyl (C=O) groups excluding carboxylic acids is 1. The summed E-state index contributed by atoms with van der Waals surface area (Å²) < 4.78 is 0. The SMILES string of the molecule is CCCCCCCCCCCCC/C=C/c1cccc(C(=O)N(C)O)c1. The van der Waals surface area contributed by atoms with Crippen LogP contribution < -0.4 is 0 Å². The van der Waals surface area contributed by atoms with Crippen LogP contribution >= 0.6 is 0 Å². The number of rotatable bonds is 14. The van der Waals surface area contributed by atoms with E-state index in [-0.39, 0.29) is 5.91 Å². The number of hydrogen-bond acceptors (Lipinski definition) is 2. The Kier molecular flexibility index (Phi) is 12.6. The summed E-state index contributed by atoms with van der Waals surface area (Å²) in [5, 5.41) is 9.85. The van der Waals surface area contributed by atoms with Gasteiger partial charge in [-0.2, -0.15) is 0 Å². The summed E-state index contributed by atoms with van der Waals surface area (Å²) in [6.45, 7) is 2.27. The highest BCUT2D eigenvalue weighted by Crippen LogP contribution is 2.13. The molecule has 26 heavy (non-hydrogen) atoms. The molecule has 0 heterocycles. The summed E-state index contributed by atoms with van der Waals surface area (Å²) in [5.41, 5.74) is 1.51. The first-order valence-electron chi connectivity index (χ1n) is 10.4. The van der Waals surface area contributed by atoms with Crippen LogP contribution in [0.15, 0.2) is 30.3 Å². The van der Waals surface area contributed by atoms with Crippen molar-refractivity contribution in [3.05, 3.63) is 41.5 Å². The molecular formula is C23H37NO2. The highest BCUT2D eigenvalue weighted by molar-refractivity contribution is 5.93. The van der Waals surface area contributed by atoms with Gasteiger partial charge in [-0.25, -0.2) is 5.06 Å². The molecule has 1 aromatic rings. The van der Waals surface area contributed by atoms with Crippen molar-refractivity contribution in [3.63, 3.8) is 0 Å². The second-order valence-corrected chi connectivity index (χ2v) is 7.18. The lowest BCUT2D eigenvalue weighted by Crippen LogP contribution is -2.22. The molecule has 146 valence electrons. The zero-order valence-electron chi connectivity index (χ0n) is 16.8. The summed E-state index contributed by atoms with van der Waals surface area (Å²) in [6.07, 6.45) is 20.3. The van der Waals surface area contributed by atoms with E-state index in [0.29, 0.717) is 10.6 Å². The molecule has 0 atom stereocenters. The maximum Gasteiger partial charge on any atom is 0.276 e. The summed E-state index contributed by atoms with van der Waals surface area (Å²) in [7, 11) is 1.34. The van der Waals surface area contributed by atoms with E-state index in [9.17, 15) is 10.0 Å². The van der Waals surface area contributed by atoms with Gasteiger partial charge in [0.25, 0.3) is 5.91 Å². The molecule has 1 amide bonds. The van der Waals surface area contributed by atoms with Gasteiger partial charge in [-0.15, -0.1) is 0 Å². The molecule has 3 heteroatoms. The molecule has 0 spiro atoms. The fraction of sp³-hybridized carbons (Fsp3) is 0.609. The van der Waals surface area contributed by atoms with Crippen molar-refractivity contribution >= 4 is 12.0 Å². The van der Waals surface area contributed by atoms with Gasteiger partial charge in [-0.1, -0.05) is 95.4 Å². The van der Waals surface area contributed by atoms with Crippen molar-refractivity contribution < 1.29 is 10.0 Å². The number of unbranched alkanes of at least 4 members (excludes halogenated alkanes) is 11. The highest BCUT2D eigenvalue weighted by Gasteiger charge is 2.08. The first-order valence-corrected chi connectivity index (χ1v) is 10.4. The van der Waals surface area contributed by atoms with E-state index in [1.54, 1.807) is 6.07 Å². The molecule has 0 unspecified atom stereocenters. The molecule has 0 bridgehead atoms. The summed E-state index contributed by atoms with van der Waals surface area (Å²) >= 11 is 0. The number of benzene rings is 1. The van der Waals surface area contributed by atoms with E-state index in [4.69, 9.17) is 0 Å². The smallest absolute Gasteiger partial charge is 0.276 e. The molecule has 0 fully saturated rings. The summed E-state index contributed by atoms with van der Waals surface area (Å²) in [5.74, 6) is -0.384. The van der Waals surface area contributed by atoms with Crippen LogP contribution in [-0.4, -0.2) is 23.2 Å². The monoisotopic (exact) mass is 359 g/mol. The van der Waals surface area contributed by atoms with Gasteiger partial charge in [0.2, 0.25) is 0 Å². The Labute approximate surface area is 160 Å². The van der Waals surface area contributed by atoms with Crippen LogP contribution in [-0.2, 0) is 0 Å². The van der Waals surface area contributed by atoms with Crippen molar-refractivity contribution in [3.8, 4) is 0 Å². The fourth-order valence-corrected chi connectivity index (χ4v) is 3.11. The summed E-state index contributed by atoms with van der Waals surface area (Å²) in [4.78, 5) is 11.7. The maximum atomic E-state index is 11.7. The van der Waals surface area contributed by atoms with Gasteiger partial charge >= 0.3 is 0 Å². The topological polar surface area (TPSA) is 40.5 Å². The molecule has 0 aromatic heterocycles. The number of amides is 1. The second-order valence-electron chi connectivity index (χ2n) is 7.18. The number of hydrogen-bond donors (Lipinski definition) is 1. The third-order valence-electron chi connectivity index (χ3n) is 4.71. The van der Waals surface area contributed by atoms with Gasteiger partial charge < -0.3 is 0 Å². The Bertz CT molecular complexity index is 523. The lowest BCUT2D eigenvalue weighted by Gasteiger charge is -2.08. The molecule has 3 nitrogen and oxygen atoms in total. The minimum Gasteiger partial charge on any atom is -0.286 e. The van der Waals surface area contributed by atoms with E-state index in [0.717, 1.165) is 12.0 Å². The van der Waals surface area contributed by atoms with E-state index >= 15 is 0 Å². The van der Waals surface area contributed by atoms with E-state index in [1.165, 1.54) is 77.7 Å². The van der Waals surface area contributed by atoms with Crippen LogP contribution in [0.5, 0.6) is 0 Å². The Morgan fingerprint density at radius 2 is 1.54 bits per heavy atom. The second kappa shape index (κ2) is 14.5. The first kappa shape index (κ1) is 22.4. The number of nitrogens with zero attached hydrogens (tertiary/aromatic N) is 1. The van der Waals surface area contributed by atoms with Gasteiger partial charge in [0.05, 0.1) is 0 Å². The predicted molar refractivity (Wildman–Crippen MR) is 110 cm³/mol. The van der Waals surface area contributed by atoms with E-state index in [1.807, 2.05) is 18.2 Å². The quantitative estimate of drug-likeness (QED) is 0.224. The maximum absolute atomic E-state index is 11.7. The first-order chi connectivity index (χ1) is 12.6. The van der Waals surface area contributed by atoms with Crippen LogP contribution in [0.4, 0.5) is 0 Å². The molecule has 0 aliphatic heterocycles. The third kappa shape index (κ3) is 10.4. The van der Waals surface area contributed by atoms with Crippen LogP contribution in [0.1, 0.15) is 99.9 Å². The van der Waals surface area contributed by atoms with Crippen LogP contribution in [0.25, 0.3) is 6.08 Å². The third-order valence-corrected chi connectivity index (χ3v) is 4.71. The zero-order valence-corrected chi connectivity index (χ0v) is 16.8. The van der Waals surface area contributed by atoms with E-state index < -0.39 is 0 Å². The Morgan fingerprint density at radius 3 is 2.12 bits per heavy atom. The molecule has 0 saturated heterocycles. The van der Waals surface area contributed by atoms with Crippen LogP contribution in [0.3, 0.4) is 0 Å². The van der Waals surface area contributed by atoms with Gasteiger partial charge in [-0.3, -0.25) is 10.0 Å². The van der Waals surface area contributed by atoms with Crippen molar-refractivity contribution in [2.45, 2.75) is 84.0 Å². The number of allylic oxidation sites excluding steroid dienone is 1. The van der Waals surface area contributed by atoms with E-state index in [2.05, 4.69) is 19.1 Å². The highest BCUT2D eigenvalue weighted by atomic mass is 16.5. The largest absolute Gasteiger partial charge is 0.286 e. The van der Waals surface area contributed by atoms with Gasteiger partial charge in [-0.05, 0) is 30.5 Å². The predicted octanol–water partition coefficient (Wildman–Crippen LogP) is 6.86. The standard InChI is InChI=1S/C23H37NO2/c1-3-4-5-6-7-8-9-10-11-12-13-14-15-17-21-18-16-19-22(20-21)23(25)24(2)26/h15-20,26H,3-14H2,1-2H3/b17-15+. The average molecular weight is 360 g/mol. The fourth-order valence-electron chi connectivity index (χ4n) is 3.11. The summed E-state index contributed by atoms with van der Waals surface area (Å²) in [6, 6.07) is 7.35. The lowest BCUT2D eigenvalue weighted by molar-refractivity contribution is -0.0374. The van der Waals surface area contributed by atoms with Crippen molar-refractivity contribution in [2.75, 3.05) is 7.05 Å². The molecule has 1 aromatic carbocycles. The molecule has 0 radical (unpaired) electrons. The molecule has 0 aliphatic rings. The van der Waals surface area contributed by atoms with Crippen molar-refractivity contribution in [1.82, 2.24) is 5.06 Å². The number of carbonyl (C=O) groups is 1. The molecule has 0 saturated carbocycles. The number of hydroxylamine groups is 2. The molecular weight excluding hydrogens is 322 g/mol. The van der Waals surface area contributed by atoms with Crippen molar-refractivity contribution in [2.24, 2.45) is 0 Å². The van der Waals surface area contributed by atoms with Gasteiger partial charge in [0, 0.05) is 12.6 Å². The lowest BCUT2D eigenvalue weighted by atomic mass is 10.0. The minimum atomic E-state index is -0.384. The Morgan fingerprint density at radius 1 is 0.962 bits per heavy atom.